The van der Waals surface area contributed by atoms with Crippen molar-refractivity contribution in [1.29, 1.82) is 0 Å². The van der Waals surface area contributed by atoms with Crippen molar-refractivity contribution in [2.45, 2.75) is 26.2 Å². The highest BCUT2D eigenvalue weighted by molar-refractivity contribution is 6.18. The fourth-order valence-corrected chi connectivity index (χ4v) is 1.74. The third-order valence-corrected chi connectivity index (χ3v) is 3.19. The van der Waals surface area contributed by atoms with Gasteiger partial charge in [0.05, 0.1) is 0 Å². The summed E-state index contributed by atoms with van der Waals surface area (Å²) in [6.45, 7) is 4.31. The van der Waals surface area contributed by atoms with Crippen LogP contribution in [-0.4, -0.2) is 19.0 Å². The van der Waals surface area contributed by atoms with E-state index in [2.05, 4.69) is 42.6 Å². The van der Waals surface area contributed by atoms with E-state index in [1.807, 2.05) is 0 Å². The molecule has 0 saturated carbocycles. The molecule has 0 amide bonds. The summed E-state index contributed by atoms with van der Waals surface area (Å²) < 4.78 is 0. The van der Waals surface area contributed by atoms with Crippen LogP contribution in [0.3, 0.4) is 0 Å². The van der Waals surface area contributed by atoms with Gasteiger partial charge in [-0.3, -0.25) is 0 Å². The van der Waals surface area contributed by atoms with Crippen molar-refractivity contribution in [3.8, 4) is 0 Å². The van der Waals surface area contributed by atoms with Crippen LogP contribution in [0, 0.1) is 5.92 Å². The summed E-state index contributed by atoms with van der Waals surface area (Å²) in [6.07, 6.45) is 3.68. The molecule has 0 aromatic heterocycles. The van der Waals surface area contributed by atoms with Crippen molar-refractivity contribution in [2.24, 2.45) is 5.92 Å². The maximum absolute atomic E-state index is 5.73. The van der Waals surface area contributed by atoms with Crippen molar-refractivity contribution in [2.75, 3.05) is 19.0 Å². The molecule has 1 N–H and O–H groups in total. The summed E-state index contributed by atoms with van der Waals surface area (Å²) in [7, 11) is 0. The average Bonchev–Trinajstić information content (AvgIpc) is 2.34. The largest absolute Gasteiger partial charge is 0.316 e. The Morgan fingerprint density at radius 2 is 1.94 bits per heavy atom. The van der Waals surface area contributed by atoms with Crippen LogP contribution in [0.15, 0.2) is 30.3 Å². The number of hydrogen-bond acceptors (Lipinski definition) is 1. The second kappa shape index (κ2) is 8.60. The number of benzene rings is 1. The number of hydrogen-bond donors (Lipinski definition) is 1. The Morgan fingerprint density at radius 3 is 2.62 bits per heavy atom. The lowest BCUT2D eigenvalue weighted by Gasteiger charge is -2.08. The van der Waals surface area contributed by atoms with E-state index in [0.29, 0.717) is 5.92 Å². The van der Waals surface area contributed by atoms with E-state index >= 15 is 0 Å². The third-order valence-electron chi connectivity index (χ3n) is 2.67. The first kappa shape index (κ1) is 13.5. The van der Waals surface area contributed by atoms with Crippen molar-refractivity contribution >= 4 is 11.6 Å². The maximum atomic E-state index is 5.73. The molecule has 0 spiro atoms. The van der Waals surface area contributed by atoms with Gasteiger partial charge in [0.25, 0.3) is 0 Å². The Labute approximate surface area is 104 Å². The van der Waals surface area contributed by atoms with Crippen molar-refractivity contribution in [1.82, 2.24) is 5.32 Å². The van der Waals surface area contributed by atoms with E-state index in [4.69, 9.17) is 11.6 Å². The molecule has 1 aromatic carbocycles. The predicted molar refractivity (Wildman–Crippen MR) is 72.1 cm³/mol. The minimum atomic E-state index is 0.579. The summed E-state index contributed by atoms with van der Waals surface area (Å²) in [5, 5.41) is 3.44. The van der Waals surface area contributed by atoms with Crippen LogP contribution in [0.2, 0.25) is 0 Å². The standard InChI is InChI=1S/C14H22ClN/c1-13(11-15)12-16-10-6-5-9-14-7-3-2-4-8-14/h2-4,7-8,13,16H,5-6,9-12H2,1H3. The molecule has 0 fully saturated rings. The number of rotatable bonds is 8. The van der Waals surface area contributed by atoms with Crippen LogP contribution in [-0.2, 0) is 6.42 Å². The van der Waals surface area contributed by atoms with E-state index in [9.17, 15) is 0 Å². The lowest BCUT2D eigenvalue weighted by molar-refractivity contribution is 0.539. The van der Waals surface area contributed by atoms with E-state index < -0.39 is 0 Å². The lowest BCUT2D eigenvalue weighted by atomic mass is 10.1. The molecule has 0 radical (unpaired) electrons. The Kier molecular flexibility index (Phi) is 7.28. The second-order valence-electron chi connectivity index (χ2n) is 4.41. The zero-order valence-corrected chi connectivity index (χ0v) is 10.8. The van der Waals surface area contributed by atoms with E-state index in [1.165, 1.54) is 24.8 Å². The number of unbranched alkanes of at least 4 members (excludes halogenated alkanes) is 1. The number of alkyl halides is 1. The van der Waals surface area contributed by atoms with Gasteiger partial charge in [-0.05, 0) is 43.8 Å². The van der Waals surface area contributed by atoms with Gasteiger partial charge in [-0.25, -0.2) is 0 Å². The predicted octanol–water partition coefficient (Wildman–Crippen LogP) is 3.47. The fourth-order valence-electron chi connectivity index (χ4n) is 1.63. The molecule has 2 heteroatoms. The van der Waals surface area contributed by atoms with E-state index in [-0.39, 0.29) is 0 Å². The average molecular weight is 240 g/mol. The molecule has 1 unspecified atom stereocenters. The Morgan fingerprint density at radius 1 is 1.19 bits per heavy atom. The highest BCUT2D eigenvalue weighted by Crippen LogP contribution is 2.04. The minimum Gasteiger partial charge on any atom is -0.316 e. The van der Waals surface area contributed by atoms with Gasteiger partial charge < -0.3 is 5.32 Å². The smallest absolute Gasteiger partial charge is 0.0261 e. The van der Waals surface area contributed by atoms with Crippen molar-refractivity contribution in [3.63, 3.8) is 0 Å². The van der Waals surface area contributed by atoms with Gasteiger partial charge in [0, 0.05) is 5.88 Å². The first-order valence-corrected chi connectivity index (χ1v) is 6.67. The summed E-state index contributed by atoms with van der Waals surface area (Å²) in [5.41, 5.74) is 1.44. The zero-order valence-electron chi connectivity index (χ0n) is 10.1. The summed E-state index contributed by atoms with van der Waals surface area (Å²) >= 11 is 5.73. The molecule has 0 aliphatic rings. The molecular weight excluding hydrogens is 218 g/mol. The van der Waals surface area contributed by atoms with Gasteiger partial charge in [0.2, 0.25) is 0 Å². The molecule has 1 nitrogen and oxygen atoms in total. The van der Waals surface area contributed by atoms with Crippen LogP contribution < -0.4 is 5.32 Å². The molecule has 90 valence electrons. The zero-order chi connectivity index (χ0) is 11.6. The van der Waals surface area contributed by atoms with Gasteiger partial charge in [-0.1, -0.05) is 37.3 Å². The molecule has 1 atom stereocenters. The quantitative estimate of drug-likeness (QED) is 0.541. The summed E-state index contributed by atoms with van der Waals surface area (Å²) in [5.74, 6) is 1.33. The SMILES string of the molecule is CC(CCl)CNCCCCc1ccccc1. The molecule has 0 aliphatic heterocycles. The van der Waals surface area contributed by atoms with Gasteiger partial charge in [-0.15, -0.1) is 11.6 Å². The summed E-state index contributed by atoms with van der Waals surface area (Å²) in [4.78, 5) is 0. The van der Waals surface area contributed by atoms with Gasteiger partial charge in [0.1, 0.15) is 0 Å². The van der Waals surface area contributed by atoms with Gasteiger partial charge in [0.15, 0.2) is 0 Å². The number of aryl methyl sites for hydroxylation is 1. The topological polar surface area (TPSA) is 12.0 Å². The molecule has 0 saturated heterocycles. The van der Waals surface area contributed by atoms with Crippen LogP contribution in [0.1, 0.15) is 25.3 Å². The molecule has 1 rings (SSSR count). The Balaban J connectivity index is 1.96. The monoisotopic (exact) mass is 239 g/mol. The molecular formula is C14H22ClN. The Hall–Kier alpha value is -0.530. The fraction of sp³-hybridized carbons (Fsp3) is 0.571. The third kappa shape index (κ3) is 6.14. The van der Waals surface area contributed by atoms with Gasteiger partial charge >= 0.3 is 0 Å². The normalized spacial score (nSPS) is 12.6. The molecule has 0 heterocycles. The van der Waals surface area contributed by atoms with Gasteiger partial charge in [-0.2, -0.15) is 0 Å². The Bertz CT molecular complexity index is 261. The molecule has 16 heavy (non-hydrogen) atoms. The van der Waals surface area contributed by atoms with Crippen LogP contribution in [0.25, 0.3) is 0 Å². The van der Waals surface area contributed by atoms with Crippen LogP contribution in [0.5, 0.6) is 0 Å². The first-order valence-electron chi connectivity index (χ1n) is 6.13. The van der Waals surface area contributed by atoms with Crippen LogP contribution >= 0.6 is 11.6 Å². The van der Waals surface area contributed by atoms with E-state index in [0.717, 1.165) is 19.0 Å². The van der Waals surface area contributed by atoms with Crippen molar-refractivity contribution in [3.05, 3.63) is 35.9 Å². The number of halogens is 1. The van der Waals surface area contributed by atoms with Crippen LogP contribution in [0.4, 0.5) is 0 Å². The summed E-state index contributed by atoms with van der Waals surface area (Å²) in [6, 6.07) is 10.7. The van der Waals surface area contributed by atoms with Crippen molar-refractivity contribution < 1.29 is 0 Å². The van der Waals surface area contributed by atoms with E-state index in [1.54, 1.807) is 0 Å². The lowest BCUT2D eigenvalue weighted by Crippen LogP contribution is -2.23. The molecule has 1 aromatic rings. The molecule has 0 bridgehead atoms. The minimum absolute atomic E-state index is 0.579. The number of nitrogens with one attached hydrogen (secondary N) is 1. The molecule has 0 aliphatic carbocycles. The highest BCUT2D eigenvalue weighted by Gasteiger charge is 1.98. The first-order chi connectivity index (χ1) is 7.83. The highest BCUT2D eigenvalue weighted by atomic mass is 35.5. The second-order valence-corrected chi connectivity index (χ2v) is 4.71. The maximum Gasteiger partial charge on any atom is 0.0261 e.